The third-order valence-corrected chi connectivity index (χ3v) is 4.10. The summed E-state index contributed by atoms with van der Waals surface area (Å²) >= 11 is 0. The van der Waals surface area contributed by atoms with Gasteiger partial charge in [-0.1, -0.05) is 18.2 Å². The number of rotatable bonds is 6. The first-order valence-electron chi connectivity index (χ1n) is 7.87. The average Bonchev–Trinajstić information content (AvgIpc) is 3.03. The van der Waals surface area contributed by atoms with E-state index >= 15 is 0 Å². The number of nitrogens with one attached hydrogen (secondary N) is 1. The molecule has 3 rings (SSSR count). The van der Waals surface area contributed by atoms with E-state index < -0.39 is 0 Å². The molecule has 122 valence electrons. The summed E-state index contributed by atoms with van der Waals surface area (Å²) in [6.07, 6.45) is 4.56. The van der Waals surface area contributed by atoms with Gasteiger partial charge in [0.1, 0.15) is 11.6 Å². The molecule has 0 saturated carbocycles. The molecule has 2 aromatic rings. The summed E-state index contributed by atoms with van der Waals surface area (Å²) < 4.78 is 7.45. The van der Waals surface area contributed by atoms with E-state index in [1.54, 1.807) is 7.11 Å². The highest BCUT2D eigenvalue weighted by molar-refractivity contribution is 5.78. The van der Waals surface area contributed by atoms with Crippen molar-refractivity contribution in [1.29, 1.82) is 0 Å². The van der Waals surface area contributed by atoms with Gasteiger partial charge in [-0.3, -0.25) is 9.69 Å². The zero-order valence-electron chi connectivity index (χ0n) is 13.4. The number of para-hydroxylation sites is 1. The van der Waals surface area contributed by atoms with Gasteiger partial charge in [-0.15, -0.1) is 0 Å². The van der Waals surface area contributed by atoms with Gasteiger partial charge in [0.15, 0.2) is 0 Å². The molecule has 6 nitrogen and oxygen atoms in total. The van der Waals surface area contributed by atoms with Crippen LogP contribution in [-0.2, 0) is 24.3 Å². The first-order chi connectivity index (χ1) is 11.3. The van der Waals surface area contributed by atoms with Crippen LogP contribution in [0.3, 0.4) is 0 Å². The molecule has 0 aliphatic carbocycles. The third-order valence-electron chi connectivity index (χ3n) is 4.10. The first-order valence-corrected chi connectivity index (χ1v) is 7.87. The molecule has 1 aromatic heterocycles. The van der Waals surface area contributed by atoms with E-state index in [2.05, 4.69) is 19.8 Å². The van der Waals surface area contributed by atoms with Crippen molar-refractivity contribution in [3.8, 4) is 5.75 Å². The van der Waals surface area contributed by atoms with Crippen LogP contribution in [0.4, 0.5) is 0 Å². The van der Waals surface area contributed by atoms with Gasteiger partial charge in [0.05, 0.1) is 20.2 Å². The van der Waals surface area contributed by atoms with Crippen molar-refractivity contribution in [3.05, 3.63) is 48.0 Å². The van der Waals surface area contributed by atoms with Crippen molar-refractivity contribution < 1.29 is 9.53 Å². The predicted molar refractivity (Wildman–Crippen MR) is 87.2 cm³/mol. The van der Waals surface area contributed by atoms with Gasteiger partial charge >= 0.3 is 0 Å². The fourth-order valence-electron chi connectivity index (χ4n) is 2.86. The Morgan fingerprint density at radius 3 is 3.09 bits per heavy atom. The van der Waals surface area contributed by atoms with E-state index in [1.165, 1.54) is 0 Å². The molecule has 0 radical (unpaired) electrons. The van der Waals surface area contributed by atoms with Gasteiger partial charge in [-0.2, -0.15) is 0 Å². The van der Waals surface area contributed by atoms with Gasteiger partial charge in [-0.05, 0) is 18.1 Å². The molecule has 0 spiro atoms. The lowest BCUT2D eigenvalue weighted by molar-refractivity contribution is -0.122. The third kappa shape index (κ3) is 3.90. The summed E-state index contributed by atoms with van der Waals surface area (Å²) in [7, 11) is 1.66. The maximum Gasteiger partial charge on any atom is 0.234 e. The molecule has 1 aromatic carbocycles. The van der Waals surface area contributed by atoms with Crippen molar-refractivity contribution in [2.24, 2.45) is 0 Å². The molecule has 1 aliphatic heterocycles. The lowest BCUT2D eigenvalue weighted by atomic mass is 10.1. The number of nitrogens with zero attached hydrogens (tertiary/aromatic N) is 3. The van der Waals surface area contributed by atoms with Crippen molar-refractivity contribution in [2.45, 2.75) is 19.5 Å². The Balaban J connectivity index is 1.44. The topological polar surface area (TPSA) is 59.4 Å². The minimum Gasteiger partial charge on any atom is -0.496 e. The van der Waals surface area contributed by atoms with E-state index in [0.717, 1.165) is 43.2 Å². The van der Waals surface area contributed by atoms with Crippen LogP contribution in [0.15, 0.2) is 36.7 Å². The van der Waals surface area contributed by atoms with Crippen LogP contribution in [0.1, 0.15) is 11.4 Å². The number of hydrogen-bond acceptors (Lipinski definition) is 4. The predicted octanol–water partition coefficient (Wildman–Crippen LogP) is 1.07. The highest BCUT2D eigenvalue weighted by Gasteiger charge is 2.18. The molecule has 1 N–H and O–H groups in total. The van der Waals surface area contributed by atoms with Crippen LogP contribution >= 0.6 is 0 Å². The van der Waals surface area contributed by atoms with Gasteiger partial charge in [0.25, 0.3) is 0 Å². The summed E-state index contributed by atoms with van der Waals surface area (Å²) in [5.41, 5.74) is 1.11. The van der Waals surface area contributed by atoms with Crippen molar-refractivity contribution in [1.82, 2.24) is 19.8 Å². The molecule has 0 atom stereocenters. The second-order valence-electron chi connectivity index (χ2n) is 5.66. The molecule has 0 bridgehead atoms. The zero-order chi connectivity index (χ0) is 16.1. The van der Waals surface area contributed by atoms with Gasteiger partial charge in [0.2, 0.25) is 5.91 Å². The number of carbonyl (C=O) groups is 1. The van der Waals surface area contributed by atoms with E-state index in [-0.39, 0.29) is 5.91 Å². The molecule has 1 aliphatic rings. The molecular formula is C17H22N4O2. The number of methoxy groups -OCH3 is 1. The fraction of sp³-hybridized carbons (Fsp3) is 0.412. The average molecular weight is 314 g/mol. The summed E-state index contributed by atoms with van der Waals surface area (Å²) in [5.74, 6) is 1.95. The first kappa shape index (κ1) is 15.6. The van der Waals surface area contributed by atoms with Gasteiger partial charge in [-0.25, -0.2) is 4.98 Å². The molecular weight excluding hydrogens is 292 g/mol. The number of imidazole rings is 1. The number of amides is 1. The number of ether oxygens (including phenoxy) is 1. The number of aromatic nitrogens is 2. The Morgan fingerprint density at radius 1 is 1.35 bits per heavy atom. The van der Waals surface area contributed by atoms with Crippen molar-refractivity contribution in [2.75, 3.05) is 26.7 Å². The number of fused-ring (bicyclic) bond motifs is 1. The van der Waals surface area contributed by atoms with E-state index in [1.807, 2.05) is 36.7 Å². The second kappa shape index (κ2) is 7.28. The Morgan fingerprint density at radius 2 is 2.22 bits per heavy atom. The monoisotopic (exact) mass is 314 g/mol. The van der Waals surface area contributed by atoms with E-state index in [9.17, 15) is 4.79 Å². The molecule has 0 unspecified atom stereocenters. The molecule has 23 heavy (non-hydrogen) atoms. The number of carbonyl (C=O) groups excluding carboxylic acids is 1. The lowest BCUT2D eigenvalue weighted by Crippen LogP contribution is -2.41. The maximum atomic E-state index is 12.1. The quantitative estimate of drug-likeness (QED) is 0.866. The SMILES string of the molecule is COc1ccccc1CCNC(=O)CN1CCn2ccnc2C1. The van der Waals surface area contributed by atoms with Crippen LogP contribution in [0, 0.1) is 0 Å². The summed E-state index contributed by atoms with van der Waals surface area (Å²) in [4.78, 5) is 18.5. The summed E-state index contributed by atoms with van der Waals surface area (Å²) in [6, 6.07) is 7.89. The van der Waals surface area contributed by atoms with E-state index in [0.29, 0.717) is 13.1 Å². The van der Waals surface area contributed by atoms with E-state index in [4.69, 9.17) is 4.74 Å². The molecule has 0 saturated heterocycles. The molecule has 0 fully saturated rings. The Kier molecular flexibility index (Phi) is 4.92. The maximum absolute atomic E-state index is 12.1. The standard InChI is InChI=1S/C17H22N4O2/c1-23-15-5-3-2-4-14(15)6-7-19-17(22)13-20-10-11-21-9-8-18-16(21)12-20/h2-5,8-9H,6-7,10-13H2,1H3,(H,19,22). The van der Waals surface area contributed by atoms with Crippen LogP contribution in [0.2, 0.25) is 0 Å². The zero-order valence-corrected chi connectivity index (χ0v) is 13.4. The van der Waals surface area contributed by atoms with Crippen molar-refractivity contribution >= 4 is 5.91 Å². The van der Waals surface area contributed by atoms with Crippen LogP contribution in [0.5, 0.6) is 5.75 Å². The minimum absolute atomic E-state index is 0.0555. The second-order valence-corrected chi connectivity index (χ2v) is 5.66. The van der Waals surface area contributed by atoms with Crippen LogP contribution in [0.25, 0.3) is 0 Å². The summed E-state index contributed by atoms with van der Waals surface area (Å²) in [5, 5.41) is 2.98. The minimum atomic E-state index is 0.0555. The smallest absolute Gasteiger partial charge is 0.234 e. The fourth-order valence-corrected chi connectivity index (χ4v) is 2.86. The summed E-state index contributed by atoms with van der Waals surface area (Å²) in [6.45, 7) is 3.53. The molecule has 6 heteroatoms. The van der Waals surface area contributed by atoms with Gasteiger partial charge < -0.3 is 14.6 Å². The Labute approximate surface area is 136 Å². The normalized spacial score (nSPS) is 14.3. The van der Waals surface area contributed by atoms with Gasteiger partial charge in [0, 0.05) is 32.0 Å². The highest BCUT2D eigenvalue weighted by Crippen LogP contribution is 2.17. The number of benzene rings is 1. The van der Waals surface area contributed by atoms with Crippen molar-refractivity contribution in [3.63, 3.8) is 0 Å². The molecule has 2 heterocycles. The Bertz CT molecular complexity index is 668. The Hall–Kier alpha value is -2.34. The number of hydrogen-bond donors (Lipinski definition) is 1. The van der Waals surface area contributed by atoms with Crippen LogP contribution in [-0.4, -0.2) is 47.1 Å². The highest BCUT2D eigenvalue weighted by atomic mass is 16.5. The van der Waals surface area contributed by atoms with Crippen LogP contribution < -0.4 is 10.1 Å². The largest absolute Gasteiger partial charge is 0.496 e. The lowest BCUT2D eigenvalue weighted by Gasteiger charge is -2.26. The molecule has 1 amide bonds.